The Balaban J connectivity index is 3.87. The highest BCUT2D eigenvalue weighted by molar-refractivity contribution is 7.46. The van der Waals surface area contributed by atoms with Gasteiger partial charge in [-0.1, -0.05) is 217 Å². The molecule has 2 N–H and O–H groups in total. The minimum atomic E-state index is -4.77. The quantitative estimate of drug-likeness (QED) is 0.0270. The van der Waals surface area contributed by atoms with Gasteiger partial charge in [0.1, 0.15) is 6.61 Å². The molecule has 0 aliphatic heterocycles. The zero-order valence-corrected chi connectivity index (χ0v) is 37.9. The average Bonchev–Trinajstić information content (AvgIpc) is 3.18. The molecule has 0 radical (unpaired) electrons. The monoisotopic (exact) mass is 825 g/mol. The molecule has 0 aromatic carbocycles. The first-order valence-corrected chi connectivity index (χ1v) is 25.3. The number of ether oxygens (including phenoxy) is 2. The van der Waals surface area contributed by atoms with Crippen molar-refractivity contribution in [3.05, 3.63) is 36.5 Å². The molecule has 0 saturated carbocycles. The third-order valence-electron chi connectivity index (χ3n) is 10.4. The van der Waals surface area contributed by atoms with Gasteiger partial charge in [-0.2, -0.15) is 0 Å². The SMILES string of the molecule is CCCCCCCC/C=C/C/C=C/C/C=C/CCCC(=O)O[C@H](COC(=O)CCCCCCCCCCCCCCCCCCCCCCCC)COP(=O)(O)O. The summed E-state index contributed by atoms with van der Waals surface area (Å²) in [5, 5.41) is 0. The van der Waals surface area contributed by atoms with E-state index in [9.17, 15) is 14.2 Å². The summed E-state index contributed by atoms with van der Waals surface area (Å²) >= 11 is 0. The second-order valence-corrected chi connectivity index (χ2v) is 17.3. The third-order valence-corrected chi connectivity index (χ3v) is 10.9. The lowest BCUT2D eigenvalue weighted by atomic mass is 10.0. The smallest absolute Gasteiger partial charge is 0.462 e. The predicted octanol–water partition coefficient (Wildman–Crippen LogP) is 14.9. The molecule has 0 unspecified atom stereocenters. The molecule has 0 aromatic heterocycles. The molecular formula is C48H89O8P. The number of carbonyl (C=O) groups is 2. The highest BCUT2D eigenvalue weighted by Gasteiger charge is 2.22. The molecule has 0 aromatic rings. The Labute approximate surface area is 351 Å². The van der Waals surface area contributed by atoms with E-state index in [1.165, 1.54) is 161 Å². The van der Waals surface area contributed by atoms with Crippen LogP contribution in [0.25, 0.3) is 0 Å². The Kier molecular flexibility index (Phi) is 42.5. The molecule has 1 atom stereocenters. The number of hydrogen-bond acceptors (Lipinski definition) is 6. The molecule has 0 aliphatic carbocycles. The molecule has 8 nitrogen and oxygen atoms in total. The fourth-order valence-corrected chi connectivity index (χ4v) is 7.22. The predicted molar refractivity (Wildman–Crippen MR) is 239 cm³/mol. The molecule has 0 fully saturated rings. The second kappa shape index (κ2) is 43.8. The summed E-state index contributed by atoms with van der Waals surface area (Å²) in [4.78, 5) is 42.9. The minimum absolute atomic E-state index is 0.142. The van der Waals surface area contributed by atoms with E-state index in [0.29, 0.717) is 12.8 Å². The van der Waals surface area contributed by atoms with Crippen molar-refractivity contribution < 1.29 is 37.9 Å². The van der Waals surface area contributed by atoms with Crippen molar-refractivity contribution in [1.29, 1.82) is 0 Å². The molecule has 0 amide bonds. The summed E-state index contributed by atoms with van der Waals surface area (Å²) in [5.74, 6) is -0.935. The van der Waals surface area contributed by atoms with Gasteiger partial charge in [0, 0.05) is 12.8 Å². The Hall–Kier alpha value is -1.73. The Bertz CT molecular complexity index is 1020. The molecule has 0 heterocycles. The number of carbonyl (C=O) groups excluding carboxylic acids is 2. The number of phosphoric acid groups is 1. The minimum Gasteiger partial charge on any atom is -0.462 e. The lowest BCUT2D eigenvalue weighted by molar-refractivity contribution is -0.161. The lowest BCUT2D eigenvalue weighted by Crippen LogP contribution is -2.29. The third kappa shape index (κ3) is 46.8. The summed E-state index contributed by atoms with van der Waals surface area (Å²) in [6, 6.07) is 0. The molecule has 0 aliphatic rings. The van der Waals surface area contributed by atoms with Crippen LogP contribution >= 0.6 is 7.82 Å². The van der Waals surface area contributed by atoms with E-state index in [1.54, 1.807) is 0 Å². The fourth-order valence-electron chi connectivity index (χ4n) is 6.86. The van der Waals surface area contributed by atoms with Gasteiger partial charge in [0.05, 0.1) is 6.61 Å². The van der Waals surface area contributed by atoms with Gasteiger partial charge in [0.15, 0.2) is 6.10 Å². The summed E-state index contributed by atoms with van der Waals surface area (Å²) in [5.41, 5.74) is 0. The molecule has 0 spiro atoms. The van der Waals surface area contributed by atoms with Crippen LogP contribution in [-0.2, 0) is 28.2 Å². The molecule has 57 heavy (non-hydrogen) atoms. The lowest BCUT2D eigenvalue weighted by Gasteiger charge is -2.18. The van der Waals surface area contributed by atoms with Gasteiger partial charge in [0.2, 0.25) is 0 Å². The Morgan fingerprint density at radius 2 is 0.807 bits per heavy atom. The van der Waals surface area contributed by atoms with Crippen LogP contribution in [0.5, 0.6) is 0 Å². The first-order valence-electron chi connectivity index (χ1n) is 23.8. The maximum Gasteiger partial charge on any atom is 0.469 e. The van der Waals surface area contributed by atoms with Crippen molar-refractivity contribution in [2.45, 2.75) is 245 Å². The molecule has 0 saturated heterocycles. The highest BCUT2D eigenvalue weighted by atomic mass is 31.2. The zero-order chi connectivity index (χ0) is 41.8. The van der Waals surface area contributed by atoms with Gasteiger partial charge in [-0.15, -0.1) is 0 Å². The highest BCUT2D eigenvalue weighted by Crippen LogP contribution is 2.36. The van der Waals surface area contributed by atoms with Gasteiger partial charge in [-0.05, 0) is 44.9 Å². The summed E-state index contributed by atoms with van der Waals surface area (Å²) in [6.07, 6.45) is 53.1. The van der Waals surface area contributed by atoms with Crippen molar-refractivity contribution >= 4 is 19.8 Å². The first kappa shape index (κ1) is 55.3. The van der Waals surface area contributed by atoms with Gasteiger partial charge in [-0.25, -0.2) is 4.57 Å². The van der Waals surface area contributed by atoms with Crippen molar-refractivity contribution in [3.8, 4) is 0 Å². The topological polar surface area (TPSA) is 119 Å². The van der Waals surface area contributed by atoms with Gasteiger partial charge >= 0.3 is 19.8 Å². The maximum absolute atomic E-state index is 12.4. The van der Waals surface area contributed by atoms with Crippen molar-refractivity contribution in [1.82, 2.24) is 0 Å². The van der Waals surface area contributed by atoms with Gasteiger partial charge in [0.25, 0.3) is 0 Å². The number of rotatable bonds is 44. The molecule has 334 valence electrons. The van der Waals surface area contributed by atoms with Crippen LogP contribution < -0.4 is 0 Å². The average molecular weight is 825 g/mol. The Morgan fingerprint density at radius 3 is 1.23 bits per heavy atom. The van der Waals surface area contributed by atoms with Crippen LogP contribution in [0.4, 0.5) is 0 Å². The van der Waals surface area contributed by atoms with Crippen LogP contribution in [0.15, 0.2) is 36.5 Å². The molecular weight excluding hydrogens is 735 g/mol. The van der Waals surface area contributed by atoms with Crippen LogP contribution in [0.3, 0.4) is 0 Å². The molecule has 0 rings (SSSR count). The summed E-state index contributed by atoms with van der Waals surface area (Å²) in [6.45, 7) is 3.67. The first-order chi connectivity index (χ1) is 27.8. The van der Waals surface area contributed by atoms with E-state index in [4.69, 9.17) is 19.3 Å². The largest absolute Gasteiger partial charge is 0.469 e. The number of phosphoric ester groups is 1. The van der Waals surface area contributed by atoms with Crippen LogP contribution in [0.1, 0.15) is 239 Å². The Morgan fingerprint density at radius 1 is 0.456 bits per heavy atom. The molecule has 0 bridgehead atoms. The zero-order valence-electron chi connectivity index (χ0n) is 37.0. The maximum atomic E-state index is 12.4. The van der Waals surface area contributed by atoms with Crippen LogP contribution in [0, 0.1) is 0 Å². The number of unbranched alkanes of at least 4 members (excludes halogenated alkanes) is 28. The summed E-state index contributed by atoms with van der Waals surface area (Å²) < 4.78 is 26.4. The van der Waals surface area contributed by atoms with Crippen LogP contribution in [-0.4, -0.2) is 41.0 Å². The van der Waals surface area contributed by atoms with E-state index >= 15 is 0 Å². The van der Waals surface area contributed by atoms with Gasteiger partial charge in [-0.3, -0.25) is 14.1 Å². The molecule has 9 heteroatoms. The van der Waals surface area contributed by atoms with E-state index in [0.717, 1.165) is 38.5 Å². The van der Waals surface area contributed by atoms with E-state index in [2.05, 4.69) is 48.8 Å². The fraction of sp³-hybridized carbons (Fsp3) is 0.833. The van der Waals surface area contributed by atoms with Crippen molar-refractivity contribution in [2.24, 2.45) is 0 Å². The number of allylic oxidation sites excluding steroid dienone is 6. The van der Waals surface area contributed by atoms with E-state index < -0.39 is 32.5 Å². The normalized spacial score (nSPS) is 12.7. The number of hydrogen-bond donors (Lipinski definition) is 2. The second-order valence-electron chi connectivity index (χ2n) is 16.1. The van der Waals surface area contributed by atoms with E-state index in [1.807, 2.05) is 6.08 Å². The van der Waals surface area contributed by atoms with Crippen molar-refractivity contribution in [3.63, 3.8) is 0 Å². The van der Waals surface area contributed by atoms with Crippen LogP contribution in [0.2, 0.25) is 0 Å². The van der Waals surface area contributed by atoms with Crippen molar-refractivity contribution in [2.75, 3.05) is 13.2 Å². The standard InChI is InChI=1S/C48H89O8P/c1-3-5-7-9-11-13-15-17-19-21-22-23-24-25-27-28-30-32-34-36-38-40-42-47(49)54-44-46(45-55-57(51,52)53)56-48(50)43-41-39-37-35-33-31-29-26-20-18-16-14-12-10-8-6-4-2/h18,20,29,31,35,37,46H,3-17,19,21-28,30,32-34,36,38-45H2,1-2H3,(H2,51,52,53)/b20-18+,31-29+,37-35+/t46-/m1/s1. The number of esters is 2. The summed E-state index contributed by atoms with van der Waals surface area (Å²) in [7, 11) is -4.77. The van der Waals surface area contributed by atoms with E-state index in [-0.39, 0.29) is 19.4 Å². The van der Waals surface area contributed by atoms with Gasteiger partial charge < -0.3 is 19.3 Å².